The molecule has 1 aliphatic heterocycles. The van der Waals surface area contributed by atoms with Crippen LogP contribution in [0.3, 0.4) is 0 Å². The van der Waals surface area contributed by atoms with E-state index in [0.29, 0.717) is 11.8 Å². The molecule has 156 valence electrons. The number of imide groups is 1. The Hall–Kier alpha value is -1.70. The van der Waals surface area contributed by atoms with Crippen LogP contribution >= 0.6 is 22.6 Å². The van der Waals surface area contributed by atoms with Gasteiger partial charge in [-0.05, 0) is 103 Å². The Kier molecular flexibility index (Phi) is 4.38. The number of nitrogens with one attached hydrogen (secondary N) is 1. The van der Waals surface area contributed by atoms with E-state index < -0.39 is 0 Å². The van der Waals surface area contributed by atoms with E-state index in [1.165, 1.54) is 6.42 Å². The van der Waals surface area contributed by atoms with Crippen molar-refractivity contribution in [2.45, 2.75) is 38.1 Å². The third kappa shape index (κ3) is 2.82. The molecule has 6 unspecified atom stereocenters. The zero-order chi connectivity index (χ0) is 20.6. The molecule has 1 aromatic carbocycles. The van der Waals surface area contributed by atoms with Crippen LogP contribution in [0, 0.1) is 45.0 Å². The summed E-state index contributed by atoms with van der Waals surface area (Å²) >= 11 is 2.24. The number of carbonyl (C=O) groups is 3. The molecular formula is C24H25IN2O3. The number of hydrogen-bond donors (Lipinski definition) is 1. The third-order valence-corrected chi connectivity index (χ3v) is 8.96. The zero-order valence-electron chi connectivity index (χ0n) is 16.7. The molecule has 6 heteroatoms. The van der Waals surface area contributed by atoms with Crippen LogP contribution < -0.4 is 5.32 Å². The highest BCUT2D eigenvalue weighted by atomic mass is 127. The summed E-state index contributed by atoms with van der Waals surface area (Å²) in [5, 5.41) is 3.01. The Morgan fingerprint density at radius 2 is 1.47 bits per heavy atom. The van der Waals surface area contributed by atoms with Crippen LogP contribution in [0.5, 0.6) is 0 Å². The second kappa shape index (κ2) is 6.90. The molecule has 5 aliphatic carbocycles. The smallest absolute Gasteiger partial charge is 0.233 e. The highest BCUT2D eigenvalue weighted by Crippen LogP contribution is 2.65. The molecule has 5 nitrogen and oxygen atoms in total. The first-order valence-electron chi connectivity index (χ1n) is 11.1. The lowest BCUT2D eigenvalue weighted by atomic mass is 9.63. The van der Waals surface area contributed by atoms with Gasteiger partial charge in [-0.1, -0.05) is 12.2 Å². The second-order valence-electron chi connectivity index (χ2n) is 9.70. The summed E-state index contributed by atoms with van der Waals surface area (Å²) in [6, 6.07) is 7.75. The van der Waals surface area contributed by atoms with E-state index in [9.17, 15) is 14.4 Å². The maximum absolute atomic E-state index is 13.3. The van der Waals surface area contributed by atoms with Crippen molar-refractivity contribution in [2.75, 3.05) is 5.32 Å². The summed E-state index contributed by atoms with van der Waals surface area (Å²) in [5.41, 5.74) is 0.818. The van der Waals surface area contributed by atoms with Gasteiger partial charge in [0.1, 0.15) is 0 Å². The molecule has 1 aromatic rings. The molecule has 6 aliphatic rings. The highest BCUT2D eigenvalue weighted by molar-refractivity contribution is 14.1. The second-order valence-corrected chi connectivity index (χ2v) is 10.9. The van der Waals surface area contributed by atoms with Gasteiger partial charge in [-0.3, -0.25) is 19.3 Å². The van der Waals surface area contributed by atoms with Gasteiger partial charge in [0, 0.05) is 21.2 Å². The van der Waals surface area contributed by atoms with E-state index in [1.807, 2.05) is 24.3 Å². The molecule has 0 radical (unpaired) electrons. The van der Waals surface area contributed by atoms with Crippen molar-refractivity contribution in [1.29, 1.82) is 0 Å². The van der Waals surface area contributed by atoms with E-state index in [2.05, 4.69) is 40.1 Å². The number of allylic oxidation sites excluding steroid dienone is 2. The van der Waals surface area contributed by atoms with E-state index >= 15 is 0 Å². The van der Waals surface area contributed by atoms with Crippen molar-refractivity contribution >= 4 is 46.0 Å². The summed E-state index contributed by atoms with van der Waals surface area (Å²) in [7, 11) is 0. The van der Waals surface area contributed by atoms with Gasteiger partial charge in [0.05, 0.1) is 11.8 Å². The third-order valence-electron chi connectivity index (χ3n) is 8.24. The first kappa shape index (κ1) is 19.0. The Morgan fingerprint density at radius 1 is 0.900 bits per heavy atom. The molecule has 0 spiro atoms. The lowest BCUT2D eigenvalue weighted by Crippen LogP contribution is -2.44. The van der Waals surface area contributed by atoms with E-state index in [0.717, 1.165) is 34.9 Å². The quantitative estimate of drug-likeness (QED) is 0.377. The zero-order valence-corrected chi connectivity index (χ0v) is 18.8. The fraction of sp³-hybridized carbons (Fsp3) is 0.542. The van der Waals surface area contributed by atoms with Crippen molar-refractivity contribution in [3.63, 3.8) is 0 Å². The number of carbonyl (C=O) groups excluding carboxylic acids is 3. The summed E-state index contributed by atoms with van der Waals surface area (Å²) in [4.78, 5) is 40.9. The summed E-state index contributed by atoms with van der Waals surface area (Å²) in [6.45, 7) is 0. The molecule has 0 aromatic heterocycles. The van der Waals surface area contributed by atoms with Crippen LogP contribution in [0.25, 0.3) is 0 Å². The largest absolute Gasteiger partial charge is 0.326 e. The van der Waals surface area contributed by atoms with Gasteiger partial charge in [-0.15, -0.1) is 0 Å². The number of anilines is 1. The Balaban J connectivity index is 1.11. The Bertz CT molecular complexity index is 914. The topological polar surface area (TPSA) is 66.5 Å². The van der Waals surface area contributed by atoms with Crippen molar-refractivity contribution in [2.24, 2.45) is 41.4 Å². The Labute approximate surface area is 189 Å². The molecule has 1 heterocycles. The number of hydrogen-bond acceptors (Lipinski definition) is 3. The SMILES string of the molecule is O=C(Nc1ccc(I)cc1)C1CCC(N2C(=O)C3C4C=CC(C5CC45)C3C2=O)CC1. The highest BCUT2D eigenvalue weighted by Gasteiger charge is 2.67. The number of likely N-dealkylation sites (tertiary alicyclic amines) is 1. The van der Waals surface area contributed by atoms with Crippen LogP contribution in [0.15, 0.2) is 36.4 Å². The molecule has 2 bridgehead atoms. The minimum Gasteiger partial charge on any atom is -0.326 e. The number of halogens is 1. The predicted molar refractivity (Wildman–Crippen MR) is 120 cm³/mol. The summed E-state index contributed by atoms with van der Waals surface area (Å²) in [5.74, 6) is 1.74. The van der Waals surface area contributed by atoms with Crippen LogP contribution in [-0.4, -0.2) is 28.7 Å². The van der Waals surface area contributed by atoms with Crippen molar-refractivity contribution < 1.29 is 14.4 Å². The maximum Gasteiger partial charge on any atom is 0.233 e. The average molecular weight is 516 g/mol. The molecule has 30 heavy (non-hydrogen) atoms. The minimum atomic E-state index is -0.113. The Morgan fingerprint density at radius 3 is 2.03 bits per heavy atom. The molecule has 3 amide bonds. The van der Waals surface area contributed by atoms with Crippen LogP contribution in [0.1, 0.15) is 32.1 Å². The lowest BCUT2D eigenvalue weighted by molar-refractivity contribution is -0.144. The van der Waals surface area contributed by atoms with Gasteiger partial charge in [-0.25, -0.2) is 0 Å². The standard InChI is InChI=1S/C24H25IN2O3/c25-13-3-5-14(6-4-13)26-22(28)12-1-7-15(8-2-12)27-23(29)20-16-9-10-17(19-11-18(16)19)21(20)24(27)30/h3-6,9-10,12,15-21H,1-2,7-8,11H2,(H,26,28). The monoisotopic (exact) mass is 516 g/mol. The van der Waals surface area contributed by atoms with Crippen molar-refractivity contribution in [3.05, 3.63) is 40.0 Å². The molecule has 3 saturated carbocycles. The lowest BCUT2D eigenvalue weighted by Gasteiger charge is -2.37. The van der Waals surface area contributed by atoms with E-state index in [4.69, 9.17) is 0 Å². The first-order chi connectivity index (χ1) is 14.5. The molecule has 6 atom stereocenters. The van der Waals surface area contributed by atoms with Gasteiger partial charge in [-0.2, -0.15) is 0 Å². The van der Waals surface area contributed by atoms with Crippen molar-refractivity contribution in [3.8, 4) is 0 Å². The first-order valence-corrected chi connectivity index (χ1v) is 12.2. The number of benzene rings is 1. The van der Waals surface area contributed by atoms with Gasteiger partial charge in [0.15, 0.2) is 0 Å². The van der Waals surface area contributed by atoms with Crippen molar-refractivity contribution in [1.82, 2.24) is 4.90 Å². The maximum atomic E-state index is 13.3. The van der Waals surface area contributed by atoms with Gasteiger partial charge >= 0.3 is 0 Å². The fourth-order valence-corrected chi connectivity index (χ4v) is 7.07. The summed E-state index contributed by atoms with van der Waals surface area (Å²) in [6.07, 6.45) is 8.56. The van der Waals surface area contributed by atoms with Gasteiger partial charge in [0.2, 0.25) is 17.7 Å². The molecular weight excluding hydrogens is 491 g/mol. The summed E-state index contributed by atoms with van der Waals surface area (Å²) < 4.78 is 1.13. The molecule has 7 rings (SSSR count). The van der Waals surface area contributed by atoms with Crippen LogP contribution in [0.2, 0.25) is 0 Å². The average Bonchev–Trinajstić information content (AvgIpc) is 3.53. The molecule has 4 fully saturated rings. The van der Waals surface area contributed by atoms with E-state index in [1.54, 1.807) is 4.90 Å². The van der Waals surface area contributed by atoms with Crippen LogP contribution in [0.4, 0.5) is 5.69 Å². The van der Waals surface area contributed by atoms with Gasteiger partial charge < -0.3 is 5.32 Å². The predicted octanol–water partition coefficient (Wildman–Crippen LogP) is 3.84. The van der Waals surface area contributed by atoms with E-state index in [-0.39, 0.29) is 53.4 Å². The minimum absolute atomic E-state index is 0.0336. The molecule has 1 N–H and O–H groups in total. The number of nitrogens with zero attached hydrogens (tertiary/aromatic N) is 1. The van der Waals surface area contributed by atoms with Gasteiger partial charge in [0.25, 0.3) is 0 Å². The number of rotatable bonds is 3. The normalized spacial score (nSPS) is 40.9. The van der Waals surface area contributed by atoms with Crippen LogP contribution in [-0.2, 0) is 14.4 Å². The molecule has 1 saturated heterocycles. The number of amides is 3. The fourth-order valence-electron chi connectivity index (χ4n) is 6.71.